The van der Waals surface area contributed by atoms with Gasteiger partial charge in [0.2, 0.25) is 0 Å². The lowest BCUT2D eigenvalue weighted by atomic mass is 10.1. The number of benzene rings is 1. The molecule has 1 aromatic carbocycles. The zero-order chi connectivity index (χ0) is 20.9. The van der Waals surface area contributed by atoms with Gasteiger partial charge in [-0.25, -0.2) is 4.98 Å². The number of H-pyrrole nitrogens is 1. The van der Waals surface area contributed by atoms with Crippen molar-refractivity contribution in [3.63, 3.8) is 0 Å². The molecule has 0 aliphatic carbocycles. The van der Waals surface area contributed by atoms with Crippen LogP contribution in [0.25, 0.3) is 11.4 Å². The van der Waals surface area contributed by atoms with Gasteiger partial charge >= 0.3 is 6.18 Å². The molecule has 2 heterocycles. The van der Waals surface area contributed by atoms with Crippen LogP contribution in [0.2, 0.25) is 0 Å². The molecule has 0 radical (unpaired) electrons. The second-order valence-electron chi connectivity index (χ2n) is 6.71. The first kappa shape index (κ1) is 20.7. The lowest BCUT2D eigenvalue weighted by Gasteiger charge is -2.21. The van der Waals surface area contributed by atoms with Gasteiger partial charge in [0.1, 0.15) is 5.82 Å². The average Bonchev–Trinajstić information content (AvgIpc) is 2.68. The lowest BCUT2D eigenvalue weighted by molar-refractivity contribution is -0.141. The Balaban J connectivity index is 1.85. The summed E-state index contributed by atoms with van der Waals surface area (Å²) < 4.78 is 38.9. The van der Waals surface area contributed by atoms with Gasteiger partial charge in [-0.15, -0.1) is 0 Å². The van der Waals surface area contributed by atoms with Gasteiger partial charge < -0.3 is 4.98 Å². The van der Waals surface area contributed by atoms with Gasteiger partial charge in [0, 0.05) is 30.9 Å². The number of aromatic amines is 1. The highest BCUT2D eigenvalue weighted by Crippen LogP contribution is 2.28. The summed E-state index contributed by atoms with van der Waals surface area (Å²) in [5, 5.41) is 0. The SMILES string of the molecule is CCCN(Cc1cccc(-c2nc(C(F)(F)F)cc(=O)[nH]2)c1)Cc1ccccn1. The molecule has 0 amide bonds. The van der Waals surface area contributed by atoms with Gasteiger partial charge in [-0.1, -0.05) is 31.2 Å². The molecule has 1 N–H and O–H groups in total. The van der Waals surface area contributed by atoms with Gasteiger partial charge in [-0.3, -0.25) is 14.7 Å². The van der Waals surface area contributed by atoms with Gasteiger partial charge in [0.25, 0.3) is 5.56 Å². The third kappa shape index (κ3) is 5.74. The predicted octanol–water partition coefficient (Wildman–Crippen LogP) is 4.26. The molecular weight excluding hydrogens is 381 g/mol. The second kappa shape index (κ2) is 9.00. The van der Waals surface area contributed by atoms with Gasteiger partial charge in [0.05, 0.1) is 5.69 Å². The quantitative estimate of drug-likeness (QED) is 0.641. The Morgan fingerprint density at radius 3 is 2.59 bits per heavy atom. The van der Waals surface area contributed by atoms with Crippen molar-refractivity contribution >= 4 is 0 Å². The van der Waals surface area contributed by atoms with E-state index < -0.39 is 17.4 Å². The van der Waals surface area contributed by atoms with Crippen molar-refractivity contribution in [2.75, 3.05) is 6.54 Å². The highest BCUT2D eigenvalue weighted by Gasteiger charge is 2.33. The molecule has 2 aromatic heterocycles. The first-order valence-corrected chi connectivity index (χ1v) is 9.25. The third-order valence-electron chi connectivity index (χ3n) is 4.29. The number of nitrogens with zero attached hydrogens (tertiary/aromatic N) is 3. The molecular formula is C21H21F3N4O. The van der Waals surface area contributed by atoms with E-state index in [0.717, 1.165) is 24.2 Å². The number of alkyl halides is 3. The molecule has 0 atom stereocenters. The number of hydrogen-bond donors (Lipinski definition) is 1. The van der Waals surface area contributed by atoms with Crippen LogP contribution in [0.15, 0.2) is 59.5 Å². The Kier molecular flexibility index (Phi) is 6.43. The highest BCUT2D eigenvalue weighted by molar-refractivity contribution is 5.56. The van der Waals surface area contributed by atoms with Crippen LogP contribution in [0.4, 0.5) is 13.2 Å². The van der Waals surface area contributed by atoms with Crippen LogP contribution in [-0.4, -0.2) is 26.4 Å². The van der Waals surface area contributed by atoms with Crippen molar-refractivity contribution in [2.24, 2.45) is 0 Å². The minimum atomic E-state index is -4.68. The maximum atomic E-state index is 13.0. The minimum absolute atomic E-state index is 0.0987. The van der Waals surface area contributed by atoms with Crippen LogP contribution in [0.5, 0.6) is 0 Å². The van der Waals surface area contributed by atoms with Crippen LogP contribution in [0, 0.1) is 0 Å². The first-order chi connectivity index (χ1) is 13.8. The topological polar surface area (TPSA) is 61.9 Å². The Hall–Kier alpha value is -3.00. The van der Waals surface area contributed by atoms with Crippen molar-refractivity contribution in [1.29, 1.82) is 0 Å². The summed E-state index contributed by atoms with van der Waals surface area (Å²) in [6.07, 6.45) is -1.98. The number of nitrogens with one attached hydrogen (secondary N) is 1. The molecule has 8 heteroatoms. The van der Waals surface area contributed by atoms with Gasteiger partial charge in [-0.2, -0.15) is 13.2 Å². The van der Waals surface area contributed by atoms with Crippen LogP contribution in [0.1, 0.15) is 30.3 Å². The fourth-order valence-electron chi connectivity index (χ4n) is 3.07. The van der Waals surface area contributed by atoms with E-state index in [2.05, 4.69) is 26.8 Å². The zero-order valence-corrected chi connectivity index (χ0v) is 15.9. The molecule has 0 fully saturated rings. The average molecular weight is 402 g/mol. The van der Waals surface area contributed by atoms with Crippen LogP contribution >= 0.6 is 0 Å². The Bertz CT molecular complexity index is 1000. The fraction of sp³-hybridized carbons (Fsp3) is 0.286. The van der Waals surface area contributed by atoms with E-state index in [1.165, 1.54) is 0 Å². The van der Waals surface area contributed by atoms with Gasteiger partial charge in [0.15, 0.2) is 5.69 Å². The fourth-order valence-corrected chi connectivity index (χ4v) is 3.07. The van der Waals surface area contributed by atoms with Crippen LogP contribution in [-0.2, 0) is 19.3 Å². The Morgan fingerprint density at radius 1 is 1.07 bits per heavy atom. The molecule has 3 rings (SSSR count). The van der Waals surface area contributed by atoms with E-state index in [9.17, 15) is 18.0 Å². The summed E-state index contributed by atoms with van der Waals surface area (Å²) in [7, 11) is 0. The predicted molar refractivity (Wildman–Crippen MR) is 104 cm³/mol. The summed E-state index contributed by atoms with van der Waals surface area (Å²) in [6, 6.07) is 13.2. The van der Waals surface area contributed by atoms with E-state index in [1.54, 1.807) is 24.4 Å². The van der Waals surface area contributed by atoms with Crippen molar-refractivity contribution in [3.05, 3.63) is 82.0 Å². The minimum Gasteiger partial charge on any atom is -0.307 e. The number of halogens is 3. The standard InChI is InChI=1S/C21H21F3N4O/c1-2-10-28(14-17-8-3-4-9-25-17)13-15-6-5-7-16(11-15)20-26-18(21(22,23)24)12-19(29)27-20/h3-9,11-12H,2,10,13-14H2,1H3,(H,26,27,29). The number of rotatable bonds is 7. The van der Waals surface area contributed by atoms with E-state index >= 15 is 0 Å². The molecule has 29 heavy (non-hydrogen) atoms. The molecule has 5 nitrogen and oxygen atoms in total. The van der Waals surface area contributed by atoms with E-state index in [4.69, 9.17) is 0 Å². The monoisotopic (exact) mass is 402 g/mol. The molecule has 3 aromatic rings. The largest absolute Gasteiger partial charge is 0.433 e. The molecule has 0 spiro atoms. The van der Waals surface area contributed by atoms with Gasteiger partial charge in [-0.05, 0) is 36.7 Å². The lowest BCUT2D eigenvalue weighted by Crippen LogP contribution is -2.24. The van der Waals surface area contributed by atoms with E-state index in [0.29, 0.717) is 24.7 Å². The number of hydrogen-bond acceptors (Lipinski definition) is 4. The molecule has 0 aliphatic rings. The van der Waals surface area contributed by atoms with E-state index in [1.807, 2.05) is 24.3 Å². The Labute approximate surface area is 166 Å². The third-order valence-corrected chi connectivity index (χ3v) is 4.29. The van der Waals surface area contributed by atoms with E-state index in [-0.39, 0.29) is 5.82 Å². The molecule has 0 aliphatic heterocycles. The molecule has 0 saturated heterocycles. The molecule has 0 bridgehead atoms. The number of pyridine rings is 1. The van der Waals surface area contributed by atoms with Crippen molar-refractivity contribution < 1.29 is 13.2 Å². The van der Waals surface area contributed by atoms with Crippen molar-refractivity contribution in [3.8, 4) is 11.4 Å². The summed E-state index contributed by atoms with van der Waals surface area (Å²) in [5.41, 5.74) is 0.243. The Morgan fingerprint density at radius 2 is 1.90 bits per heavy atom. The number of aromatic nitrogens is 3. The summed E-state index contributed by atoms with van der Waals surface area (Å²) in [6.45, 7) is 4.19. The molecule has 152 valence electrons. The summed E-state index contributed by atoms with van der Waals surface area (Å²) in [5.74, 6) is -0.0987. The summed E-state index contributed by atoms with van der Waals surface area (Å²) >= 11 is 0. The van der Waals surface area contributed by atoms with Crippen molar-refractivity contribution in [2.45, 2.75) is 32.6 Å². The maximum absolute atomic E-state index is 13.0. The van der Waals surface area contributed by atoms with Crippen LogP contribution < -0.4 is 5.56 Å². The molecule has 0 saturated carbocycles. The normalized spacial score (nSPS) is 11.8. The molecule has 0 unspecified atom stereocenters. The van der Waals surface area contributed by atoms with Crippen LogP contribution in [0.3, 0.4) is 0 Å². The second-order valence-corrected chi connectivity index (χ2v) is 6.71. The highest BCUT2D eigenvalue weighted by atomic mass is 19.4. The maximum Gasteiger partial charge on any atom is 0.433 e. The zero-order valence-electron chi connectivity index (χ0n) is 15.9. The first-order valence-electron chi connectivity index (χ1n) is 9.25. The summed E-state index contributed by atoms with van der Waals surface area (Å²) in [4.78, 5) is 24.2. The van der Waals surface area contributed by atoms with Crippen molar-refractivity contribution in [1.82, 2.24) is 19.9 Å². The smallest absolute Gasteiger partial charge is 0.307 e.